The van der Waals surface area contributed by atoms with Crippen molar-refractivity contribution >= 4 is 26.6 Å². The first-order valence-electron chi connectivity index (χ1n) is 9.31. The van der Waals surface area contributed by atoms with Crippen LogP contribution in [0.15, 0.2) is 30.5 Å². The first-order valence-corrected chi connectivity index (χ1v) is 11.1. The molecule has 2 aromatic rings. The minimum absolute atomic E-state index is 0.0917. The van der Waals surface area contributed by atoms with Crippen LogP contribution in [-0.2, 0) is 21.2 Å². The minimum Gasteiger partial charge on any atom is -0.496 e. The molecule has 0 aliphatic carbocycles. The Bertz CT molecular complexity index is 945. The van der Waals surface area contributed by atoms with Crippen LogP contribution in [-0.4, -0.2) is 79.5 Å². The molecule has 2 aliphatic rings. The molecule has 1 aromatic heterocycles. The van der Waals surface area contributed by atoms with Crippen molar-refractivity contribution in [2.24, 2.45) is 0 Å². The molecule has 0 bridgehead atoms. The van der Waals surface area contributed by atoms with E-state index in [2.05, 4.69) is 4.90 Å². The maximum atomic E-state index is 12.8. The lowest BCUT2D eigenvalue weighted by Gasteiger charge is -2.37. The van der Waals surface area contributed by atoms with Gasteiger partial charge in [-0.1, -0.05) is 6.07 Å². The molecule has 27 heavy (non-hydrogen) atoms. The van der Waals surface area contributed by atoms with Gasteiger partial charge in [0.15, 0.2) is 9.84 Å². The van der Waals surface area contributed by atoms with Crippen LogP contribution in [0.25, 0.3) is 10.9 Å². The number of aromatic nitrogens is 1. The molecule has 3 heterocycles. The van der Waals surface area contributed by atoms with Crippen LogP contribution < -0.4 is 4.74 Å². The third-order valence-corrected chi connectivity index (χ3v) is 7.44. The van der Waals surface area contributed by atoms with Gasteiger partial charge in [0.2, 0.25) is 5.91 Å². The Hall–Kier alpha value is -2.06. The molecule has 1 atom stereocenters. The highest BCUT2D eigenvalue weighted by molar-refractivity contribution is 7.91. The third-order valence-electron chi connectivity index (χ3n) is 5.69. The second kappa shape index (κ2) is 7.16. The maximum Gasteiger partial charge on any atom is 0.242 e. The van der Waals surface area contributed by atoms with Crippen molar-refractivity contribution in [2.75, 3.05) is 44.8 Å². The summed E-state index contributed by atoms with van der Waals surface area (Å²) >= 11 is 0. The molecule has 4 rings (SSSR count). The molecule has 1 amide bonds. The molecule has 2 saturated heterocycles. The number of carbonyl (C=O) groups excluding carboxylic acids is 1. The number of sulfone groups is 1. The van der Waals surface area contributed by atoms with E-state index in [1.54, 1.807) is 7.11 Å². The lowest BCUT2D eigenvalue weighted by molar-refractivity contribution is -0.133. The van der Waals surface area contributed by atoms with Crippen LogP contribution in [0.2, 0.25) is 0 Å². The number of ether oxygens (including phenoxy) is 1. The first kappa shape index (κ1) is 18.3. The molecule has 146 valence electrons. The Morgan fingerprint density at radius 1 is 1.19 bits per heavy atom. The first-order chi connectivity index (χ1) is 13.0. The van der Waals surface area contributed by atoms with E-state index < -0.39 is 9.84 Å². The highest BCUT2D eigenvalue weighted by Gasteiger charge is 2.34. The average molecular weight is 391 g/mol. The van der Waals surface area contributed by atoms with E-state index in [1.807, 2.05) is 39.9 Å². The van der Waals surface area contributed by atoms with Crippen molar-refractivity contribution in [2.45, 2.75) is 19.0 Å². The Labute approximate surface area is 159 Å². The van der Waals surface area contributed by atoms with Gasteiger partial charge in [0.05, 0.1) is 24.1 Å². The zero-order chi connectivity index (χ0) is 19.0. The number of rotatable bonds is 4. The number of hydrogen-bond acceptors (Lipinski definition) is 5. The summed E-state index contributed by atoms with van der Waals surface area (Å²) in [5.74, 6) is 1.45. The fourth-order valence-electron chi connectivity index (χ4n) is 4.16. The lowest BCUT2D eigenvalue weighted by atomic mass is 10.2. The van der Waals surface area contributed by atoms with Gasteiger partial charge in [0.1, 0.15) is 12.3 Å². The molecule has 2 fully saturated rings. The number of amides is 1. The summed E-state index contributed by atoms with van der Waals surface area (Å²) in [5, 5.41) is 1.00. The number of fused-ring (bicyclic) bond motifs is 1. The fraction of sp³-hybridized carbons (Fsp3) is 0.526. The standard InChI is InChI=1S/C19H25N3O4S/c1-26-18-4-2-3-17-16(18)5-7-22(17)13-19(23)21-10-8-20(9-11-21)15-6-12-27(24,25)14-15/h2-5,7,15H,6,8-14H2,1H3. The lowest BCUT2D eigenvalue weighted by Crippen LogP contribution is -2.52. The van der Waals surface area contributed by atoms with Gasteiger partial charge in [0, 0.05) is 43.8 Å². The van der Waals surface area contributed by atoms with E-state index in [1.165, 1.54) is 0 Å². The van der Waals surface area contributed by atoms with Gasteiger partial charge in [-0.05, 0) is 24.6 Å². The summed E-state index contributed by atoms with van der Waals surface area (Å²) in [6.45, 7) is 3.09. The SMILES string of the molecule is COc1cccc2c1ccn2CC(=O)N1CCN(C2CCS(=O)(=O)C2)CC1. The second-order valence-electron chi connectivity index (χ2n) is 7.31. The predicted octanol–water partition coefficient (Wildman–Crippen LogP) is 0.981. The Balaban J connectivity index is 1.38. The summed E-state index contributed by atoms with van der Waals surface area (Å²) in [7, 11) is -1.23. The molecular formula is C19H25N3O4S. The summed E-state index contributed by atoms with van der Waals surface area (Å²) in [6.07, 6.45) is 2.64. The number of piperazine rings is 1. The van der Waals surface area contributed by atoms with Crippen LogP contribution in [0, 0.1) is 0 Å². The Morgan fingerprint density at radius 2 is 1.96 bits per heavy atom. The minimum atomic E-state index is -2.87. The van der Waals surface area contributed by atoms with Crippen molar-refractivity contribution < 1.29 is 17.9 Å². The second-order valence-corrected chi connectivity index (χ2v) is 9.54. The van der Waals surface area contributed by atoms with Gasteiger partial charge in [-0.2, -0.15) is 0 Å². The number of carbonyl (C=O) groups is 1. The molecule has 1 unspecified atom stereocenters. The largest absolute Gasteiger partial charge is 0.496 e. The van der Waals surface area contributed by atoms with Gasteiger partial charge in [-0.15, -0.1) is 0 Å². The van der Waals surface area contributed by atoms with Crippen LogP contribution >= 0.6 is 0 Å². The highest BCUT2D eigenvalue weighted by Crippen LogP contribution is 2.26. The average Bonchev–Trinajstić information content (AvgIpc) is 3.25. The molecule has 0 spiro atoms. The molecule has 8 heteroatoms. The topological polar surface area (TPSA) is 71.8 Å². The van der Waals surface area contributed by atoms with E-state index >= 15 is 0 Å². The Kier molecular flexibility index (Phi) is 4.86. The zero-order valence-electron chi connectivity index (χ0n) is 15.5. The number of methoxy groups -OCH3 is 1. The molecule has 7 nitrogen and oxygen atoms in total. The Morgan fingerprint density at radius 3 is 2.63 bits per heavy atom. The number of nitrogens with zero attached hydrogens (tertiary/aromatic N) is 3. The van der Waals surface area contributed by atoms with Gasteiger partial charge in [-0.3, -0.25) is 9.69 Å². The molecule has 2 aliphatic heterocycles. The van der Waals surface area contributed by atoms with Crippen molar-refractivity contribution in [3.8, 4) is 5.75 Å². The van der Waals surface area contributed by atoms with Crippen LogP contribution in [0.5, 0.6) is 5.75 Å². The van der Waals surface area contributed by atoms with Crippen molar-refractivity contribution in [1.29, 1.82) is 0 Å². The fourth-order valence-corrected chi connectivity index (χ4v) is 5.92. The monoisotopic (exact) mass is 391 g/mol. The predicted molar refractivity (Wildman–Crippen MR) is 104 cm³/mol. The molecule has 0 saturated carbocycles. The summed E-state index contributed by atoms with van der Waals surface area (Å²) in [5.41, 5.74) is 0.984. The van der Waals surface area contributed by atoms with Crippen LogP contribution in [0.4, 0.5) is 0 Å². The zero-order valence-corrected chi connectivity index (χ0v) is 16.3. The quantitative estimate of drug-likeness (QED) is 0.777. The smallest absolute Gasteiger partial charge is 0.242 e. The van der Waals surface area contributed by atoms with E-state index in [0.29, 0.717) is 31.8 Å². The summed E-state index contributed by atoms with van der Waals surface area (Å²) in [4.78, 5) is 16.9. The van der Waals surface area contributed by atoms with E-state index in [-0.39, 0.29) is 17.7 Å². The normalized spacial score (nSPS) is 23.0. The molecule has 0 N–H and O–H groups in total. The van der Waals surface area contributed by atoms with Crippen molar-refractivity contribution in [3.05, 3.63) is 30.5 Å². The highest BCUT2D eigenvalue weighted by atomic mass is 32.2. The van der Waals surface area contributed by atoms with E-state index in [0.717, 1.165) is 29.7 Å². The van der Waals surface area contributed by atoms with Gasteiger partial charge >= 0.3 is 0 Å². The van der Waals surface area contributed by atoms with E-state index in [4.69, 9.17) is 4.74 Å². The van der Waals surface area contributed by atoms with Crippen molar-refractivity contribution in [1.82, 2.24) is 14.4 Å². The van der Waals surface area contributed by atoms with Gasteiger partial charge < -0.3 is 14.2 Å². The summed E-state index contributed by atoms with van der Waals surface area (Å²) in [6, 6.07) is 7.92. The molecular weight excluding hydrogens is 366 g/mol. The number of benzene rings is 1. The third kappa shape index (κ3) is 3.68. The van der Waals surface area contributed by atoms with E-state index in [9.17, 15) is 13.2 Å². The van der Waals surface area contributed by atoms with Crippen LogP contribution in [0.1, 0.15) is 6.42 Å². The number of hydrogen-bond donors (Lipinski definition) is 0. The van der Waals surface area contributed by atoms with Crippen LogP contribution in [0.3, 0.4) is 0 Å². The summed E-state index contributed by atoms with van der Waals surface area (Å²) < 4.78 is 30.7. The molecule has 0 radical (unpaired) electrons. The van der Waals surface area contributed by atoms with Gasteiger partial charge in [0.25, 0.3) is 0 Å². The maximum absolute atomic E-state index is 12.8. The van der Waals surface area contributed by atoms with Gasteiger partial charge in [-0.25, -0.2) is 8.42 Å². The molecule has 1 aromatic carbocycles. The van der Waals surface area contributed by atoms with Crippen molar-refractivity contribution in [3.63, 3.8) is 0 Å².